The number of H-pyrrole nitrogens is 2. The van der Waals surface area contributed by atoms with E-state index in [9.17, 15) is 4.91 Å². The molecule has 0 aliphatic rings. The van der Waals surface area contributed by atoms with Gasteiger partial charge in [-0.25, -0.2) is 0 Å². The molecule has 6 heavy (non-hydrogen) atoms. The molecule has 0 fully saturated rings. The van der Waals surface area contributed by atoms with E-state index < -0.39 is 0 Å². The van der Waals surface area contributed by atoms with Crippen LogP contribution in [0.25, 0.3) is 0 Å². The molecule has 1 heterocycles. The first-order valence-corrected chi connectivity index (χ1v) is 1.33. The fraction of sp³-hybridized carbons (Fsp3) is 0. The molecule has 0 amide bonds. The van der Waals surface area contributed by atoms with E-state index in [1.807, 2.05) is 5.21 Å². The van der Waals surface area contributed by atoms with Crippen molar-refractivity contribution in [3.05, 3.63) is 11.2 Å². The van der Waals surface area contributed by atoms with Gasteiger partial charge in [0.2, 0.25) is 0 Å². The molecule has 0 spiro atoms. The Hall–Kier alpha value is -1.13. The van der Waals surface area contributed by atoms with Gasteiger partial charge in [0.25, 0.3) is 0 Å². The van der Waals surface area contributed by atoms with E-state index in [4.69, 9.17) is 0 Å². The van der Waals surface area contributed by atoms with Gasteiger partial charge >= 0.3 is 6.33 Å². The van der Waals surface area contributed by atoms with E-state index in [2.05, 4.69) is 16.5 Å². The topological polar surface area (TPSA) is 67.4 Å². The molecule has 31 valence electrons. The van der Waals surface area contributed by atoms with E-state index in [0.29, 0.717) is 4.66 Å². The van der Waals surface area contributed by atoms with Gasteiger partial charge in [-0.05, 0) is 4.91 Å². The van der Waals surface area contributed by atoms with Gasteiger partial charge in [-0.3, -0.25) is 0 Å². The zero-order chi connectivity index (χ0) is 4.41. The van der Waals surface area contributed by atoms with Crippen LogP contribution in [0, 0.1) is 11.2 Å². The minimum atomic E-state index is 0.333. The van der Waals surface area contributed by atoms with Crippen LogP contribution in [0.15, 0.2) is 0 Å². The number of nitrogens with zero attached hydrogens (tertiary/aromatic N) is 2. The van der Waals surface area contributed by atoms with Crippen LogP contribution in [-0.2, 0) is 0 Å². The van der Waals surface area contributed by atoms with Crippen LogP contribution in [0.4, 0.5) is 0 Å². The standard InChI is InChI=1S/CH2N4O/c6-5-3-1-2-4-5/h(H2,2,3,4,6)/q+1. The average molecular weight is 86.1 g/mol. The third-order valence-electron chi connectivity index (χ3n) is 0.348. The van der Waals surface area contributed by atoms with Crippen molar-refractivity contribution in [2.45, 2.75) is 0 Å². The van der Waals surface area contributed by atoms with Gasteiger partial charge in [-0.1, -0.05) is 0 Å². The molecule has 1 aromatic rings. The van der Waals surface area contributed by atoms with E-state index in [1.54, 1.807) is 0 Å². The molecule has 0 bridgehead atoms. The maximum atomic E-state index is 9.78. The van der Waals surface area contributed by atoms with Crippen LogP contribution in [0.2, 0.25) is 0 Å². The molecule has 1 aromatic heterocycles. The summed E-state index contributed by atoms with van der Waals surface area (Å²) in [5.41, 5.74) is 0. The second kappa shape index (κ2) is 0.925. The first kappa shape index (κ1) is 3.08. The summed E-state index contributed by atoms with van der Waals surface area (Å²) in [4.78, 5) is 9.78. The molecule has 0 saturated heterocycles. The van der Waals surface area contributed by atoms with Crippen LogP contribution in [0.1, 0.15) is 0 Å². The Morgan fingerprint density at radius 2 is 2.67 bits per heavy atom. The number of aromatic nitrogens is 4. The second-order valence-corrected chi connectivity index (χ2v) is 0.730. The molecule has 5 heteroatoms. The van der Waals surface area contributed by atoms with Gasteiger partial charge in [-0.2, -0.15) is 0 Å². The van der Waals surface area contributed by atoms with Crippen LogP contribution >= 0.6 is 0 Å². The van der Waals surface area contributed by atoms with Crippen molar-refractivity contribution in [1.82, 2.24) is 15.4 Å². The summed E-state index contributed by atoms with van der Waals surface area (Å²) in [6, 6.07) is 0. The van der Waals surface area contributed by atoms with Gasteiger partial charge in [0.15, 0.2) is 4.66 Å². The highest BCUT2D eigenvalue weighted by molar-refractivity contribution is 4.12. The van der Waals surface area contributed by atoms with E-state index >= 15 is 0 Å². The summed E-state index contributed by atoms with van der Waals surface area (Å²) in [5.74, 6) is 0. The SMILES string of the molecule is O=[n+]1[nH][c]n[nH]1. The quantitative estimate of drug-likeness (QED) is 0.375. The van der Waals surface area contributed by atoms with Crippen molar-refractivity contribution < 1.29 is 4.66 Å². The fourth-order valence-corrected chi connectivity index (χ4v) is 0.166. The van der Waals surface area contributed by atoms with Crippen LogP contribution in [-0.4, -0.2) is 15.4 Å². The molecule has 5 nitrogen and oxygen atoms in total. The molecule has 0 atom stereocenters. The molecule has 0 aliphatic heterocycles. The highest BCUT2D eigenvalue weighted by Gasteiger charge is 1.81. The van der Waals surface area contributed by atoms with Crippen molar-refractivity contribution >= 4 is 0 Å². The maximum absolute atomic E-state index is 9.78. The lowest BCUT2D eigenvalue weighted by Crippen LogP contribution is -2.17. The molecule has 0 aliphatic carbocycles. The first-order chi connectivity index (χ1) is 2.89. The Labute approximate surface area is 32.6 Å². The summed E-state index contributed by atoms with van der Waals surface area (Å²) >= 11 is 0. The molecule has 0 aromatic carbocycles. The average Bonchev–Trinajstić information content (AvgIpc) is 1.86. The van der Waals surface area contributed by atoms with Crippen LogP contribution in [0.5, 0.6) is 0 Å². The summed E-state index contributed by atoms with van der Waals surface area (Å²) in [6.07, 6.45) is 2.15. The zero-order valence-electron chi connectivity index (χ0n) is 2.80. The van der Waals surface area contributed by atoms with Crippen molar-refractivity contribution in [1.29, 1.82) is 0 Å². The molecular formula is CH2N4O+. The Morgan fingerprint density at radius 3 is 2.83 bits per heavy atom. The Morgan fingerprint density at radius 1 is 1.83 bits per heavy atom. The predicted molar refractivity (Wildman–Crippen MR) is 15.1 cm³/mol. The summed E-state index contributed by atoms with van der Waals surface area (Å²) < 4.78 is 0.333. The third-order valence-corrected chi connectivity index (χ3v) is 0.348. The largest absolute Gasteiger partial charge is 0.381 e. The molecular weight excluding hydrogens is 84.0 g/mol. The van der Waals surface area contributed by atoms with E-state index in [-0.39, 0.29) is 0 Å². The van der Waals surface area contributed by atoms with Gasteiger partial charge in [0, 0.05) is 5.21 Å². The number of nitrogens with one attached hydrogen (secondary N) is 2. The first-order valence-electron chi connectivity index (χ1n) is 1.33. The lowest BCUT2D eigenvalue weighted by atomic mass is 11.4. The second-order valence-electron chi connectivity index (χ2n) is 0.730. The smallest absolute Gasteiger partial charge is 0.117 e. The van der Waals surface area contributed by atoms with Crippen molar-refractivity contribution in [3.8, 4) is 0 Å². The highest BCUT2D eigenvalue weighted by atomic mass is 16.3. The Bertz CT molecular complexity index is 145. The number of aromatic amines is 2. The minimum absolute atomic E-state index is 0.333. The number of hydrogen-bond acceptors (Lipinski definition) is 2. The monoisotopic (exact) mass is 86.0 g/mol. The lowest BCUT2D eigenvalue weighted by Gasteiger charge is -1.41. The molecule has 1 rings (SSSR count). The summed E-state index contributed by atoms with van der Waals surface area (Å²) in [7, 11) is 0. The Balaban J connectivity index is 3.41. The number of hydrogen-bond donors (Lipinski definition) is 2. The molecule has 0 unspecified atom stereocenters. The van der Waals surface area contributed by atoms with Crippen molar-refractivity contribution in [3.63, 3.8) is 0 Å². The molecule has 0 saturated carbocycles. The number of rotatable bonds is 0. The van der Waals surface area contributed by atoms with Gasteiger partial charge in [-0.15, -0.1) is 5.10 Å². The third kappa shape index (κ3) is 0.291. The molecule has 1 radical (unpaired) electrons. The Kier molecular flexibility index (Phi) is 0.474. The summed E-state index contributed by atoms with van der Waals surface area (Å²) in [6.45, 7) is 0. The normalized spacial score (nSPS) is 8.67. The van der Waals surface area contributed by atoms with E-state index in [0.717, 1.165) is 0 Å². The van der Waals surface area contributed by atoms with Crippen molar-refractivity contribution in [2.24, 2.45) is 0 Å². The fourth-order valence-electron chi connectivity index (χ4n) is 0.166. The van der Waals surface area contributed by atoms with Crippen molar-refractivity contribution in [2.75, 3.05) is 0 Å². The zero-order valence-corrected chi connectivity index (χ0v) is 2.80. The maximum Gasteiger partial charge on any atom is 0.381 e. The van der Waals surface area contributed by atoms with Crippen LogP contribution < -0.4 is 4.66 Å². The predicted octanol–water partition coefficient (Wildman–Crippen LogP) is -1.55. The highest BCUT2D eigenvalue weighted by Crippen LogP contribution is 1.36. The minimum Gasteiger partial charge on any atom is -0.117 e. The lowest BCUT2D eigenvalue weighted by molar-refractivity contribution is -0.625. The molecule has 2 N–H and O–H groups in total. The van der Waals surface area contributed by atoms with Gasteiger partial charge < -0.3 is 0 Å². The van der Waals surface area contributed by atoms with E-state index in [1.165, 1.54) is 0 Å². The number of tetrazole rings is 1. The van der Waals surface area contributed by atoms with Gasteiger partial charge in [0.1, 0.15) is 0 Å². The summed E-state index contributed by atoms with van der Waals surface area (Å²) in [5, 5.41) is 7.24. The van der Waals surface area contributed by atoms with Crippen LogP contribution in [0.3, 0.4) is 0 Å². The van der Waals surface area contributed by atoms with Gasteiger partial charge in [0.05, 0.1) is 5.10 Å².